The van der Waals surface area contributed by atoms with Crippen LogP contribution in [0.15, 0.2) is 12.1 Å². The number of benzene rings is 1. The van der Waals surface area contributed by atoms with Gasteiger partial charge in [-0.2, -0.15) is 12.6 Å². The van der Waals surface area contributed by atoms with E-state index in [0.717, 1.165) is 22.2 Å². The Hall–Kier alpha value is -0.100. The normalized spacial score (nSPS) is 15.4. The molecule has 76 valence electrons. The highest BCUT2D eigenvalue weighted by molar-refractivity contribution is 14.1. The number of rotatable bonds is 1. The molecule has 1 N–H and O–H groups in total. The fraction of sp³-hybridized carbons (Fsp3) is 0.400. The van der Waals surface area contributed by atoms with Crippen molar-refractivity contribution in [3.63, 3.8) is 0 Å². The Kier molecular flexibility index (Phi) is 3.11. The molecule has 1 aromatic rings. The van der Waals surface area contributed by atoms with Crippen LogP contribution in [0.4, 0.5) is 5.69 Å². The maximum Gasteiger partial charge on any atom is 0.130 e. The molecule has 4 heteroatoms. The molecule has 0 saturated heterocycles. The standard InChI is InChI=1S/C10H12INOS/c11-8-4-7-2-1-3-12(6-14)9(7)5-10(8)13/h4-5,13-14H,1-3,6H2. The number of phenols is 1. The van der Waals surface area contributed by atoms with E-state index in [0.29, 0.717) is 11.6 Å². The van der Waals surface area contributed by atoms with Crippen molar-refractivity contribution in [2.75, 3.05) is 17.3 Å². The fourth-order valence-corrected chi connectivity index (χ4v) is 2.64. The first-order valence-electron chi connectivity index (χ1n) is 4.59. The SMILES string of the molecule is Oc1cc2c(cc1I)CCCN2CS. The van der Waals surface area contributed by atoms with Crippen molar-refractivity contribution in [1.29, 1.82) is 0 Å². The van der Waals surface area contributed by atoms with Gasteiger partial charge >= 0.3 is 0 Å². The molecule has 2 rings (SSSR count). The molecule has 1 heterocycles. The Labute approximate surface area is 103 Å². The number of halogens is 1. The van der Waals surface area contributed by atoms with E-state index < -0.39 is 0 Å². The predicted octanol–water partition coefficient (Wildman–Crippen LogP) is 2.64. The van der Waals surface area contributed by atoms with E-state index in [1.807, 2.05) is 6.07 Å². The molecule has 1 aromatic carbocycles. The maximum atomic E-state index is 9.63. The number of hydrogen-bond donors (Lipinski definition) is 2. The highest BCUT2D eigenvalue weighted by Gasteiger charge is 2.17. The van der Waals surface area contributed by atoms with Crippen LogP contribution in [0.5, 0.6) is 5.75 Å². The van der Waals surface area contributed by atoms with E-state index in [4.69, 9.17) is 0 Å². The Morgan fingerprint density at radius 2 is 2.29 bits per heavy atom. The molecule has 0 saturated carbocycles. The number of nitrogens with zero attached hydrogens (tertiary/aromatic N) is 1. The predicted molar refractivity (Wildman–Crippen MR) is 70.3 cm³/mol. The molecule has 0 amide bonds. The molecule has 0 spiro atoms. The smallest absolute Gasteiger partial charge is 0.130 e. The quantitative estimate of drug-likeness (QED) is 0.614. The Morgan fingerprint density at radius 1 is 1.50 bits per heavy atom. The van der Waals surface area contributed by atoms with Crippen LogP contribution >= 0.6 is 35.2 Å². The number of aromatic hydroxyl groups is 1. The lowest BCUT2D eigenvalue weighted by Gasteiger charge is -2.30. The molecule has 0 aliphatic carbocycles. The Balaban J connectivity index is 2.47. The maximum absolute atomic E-state index is 9.63. The molecule has 0 bridgehead atoms. The molecule has 0 aromatic heterocycles. The molecule has 0 atom stereocenters. The average molecular weight is 321 g/mol. The zero-order valence-corrected chi connectivity index (χ0v) is 10.8. The molecular weight excluding hydrogens is 309 g/mol. The lowest BCUT2D eigenvalue weighted by molar-refractivity contribution is 0.470. The van der Waals surface area contributed by atoms with E-state index in [9.17, 15) is 5.11 Å². The third kappa shape index (κ3) is 1.82. The van der Waals surface area contributed by atoms with E-state index in [-0.39, 0.29) is 0 Å². The van der Waals surface area contributed by atoms with E-state index in [1.165, 1.54) is 12.0 Å². The summed E-state index contributed by atoms with van der Waals surface area (Å²) in [5.41, 5.74) is 2.47. The summed E-state index contributed by atoms with van der Waals surface area (Å²) >= 11 is 6.45. The fourth-order valence-electron chi connectivity index (χ4n) is 1.81. The average Bonchev–Trinajstić information content (AvgIpc) is 2.19. The summed E-state index contributed by atoms with van der Waals surface area (Å²) < 4.78 is 0.933. The van der Waals surface area contributed by atoms with Gasteiger partial charge in [-0.15, -0.1) is 0 Å². The molecule has 14 heavy (non-hydrogen) atoms. The summed E-state index contributed by atoms with van der Waals surface area (Å²) in [6.45, 7) is 1.04. The summed E-state index contributed by atoms with van der Waals surface area (Å²) in [6.07, 6.45) is 2.28. The first-order valence-corrected chi connectivity index (χ1v) is 6.30. The van der Waals surface area contributed by atoms with Gasteiger partial charge in [0.25, 0.3) is 0 Å². The van der Waals surface area contributed by atoms with Gasteiger partial charge in [-0.3, -0.25) is 0 Å². The monoisotopic (exact) mass is 321 g/mol. The summed E-state index contributed by atoms with van der Waals surface area (Å²) in [6, 6.07) is 3.92. The van der Waals surface area contributed by atoms with E-state index >= 15 is 0 Å². The van der Waals surface area contributed by atoms with Gasteiger partial charge in [0.1, 0.15) is 5.75 Å². The van der Waals surface area contributed by atoms with Crippen molar-refractivity contribution >= 4 is 40.9 Å². The van der Waals surface area contributed by atoms with Crippen LogP contribution in [0.1, 0.15) is 12.0 Å². The number of phenolic OH excluding ortho intramolecular Hbond substituents is 1. The molecule has 2 nitrogen and oxygen atoms in total. The van der Waals surface area contributed by atoms with Gasteiger partial charge in [-0.1, -0.05) is 0 Å². The third-order valence-electron chi connectivity index (χ3n) is 2.53. The molecule has 0 unspecified atom stereocenters. The van der Waals surface area contributed by atoms with E-state index in [1.54, 1.807) is 0 Å². The van der Waals surface area contributed by atoms with Gasteiger partial charge in [0.2, 0.25) is 0 Å². The number of hydrogen-bond acceptors (Lipinski definition) is 3. The van der Waals surface area contributed by atoms with Crippen molar-refractivity contribution < 1.29 is 5.11 Å². The third-order valence-corrected chi connectivity index (χ3v) is 3.74. The number of aryl methyl sites for hydroxylation is 1. The minimum Gasteiger partial charge on any atom is -0.507 e. The Morgan fingerprint density at radius 3 is 3.00 bits per heavy atom. The summed E-state index contributed by atoms with van der Waals surface area (Å²) in [7, 11) is 0. The minimum atomic E-state index is 0.373. The molecule has 1 aliphatic rings. The highest BCUT2D eigenvalue weighted by Crippen LogP contribution is 2.33. The van der Waals surface area contributed by atoms with Crippen LogP contribution in [0, 0.1) is 3.57 Å². The van der Waals surface area contributed by atoms with Crippen molar-refractivity contribution in [2.45, 2.75) is 12.8 Å². The summed E-state index contributed by atoms with van der Waals surface area (Å²) in [5.74, 6) is 1.09. The van der Waals surface area contributed by atoms with Crippen LogP contribution in [-0.4, -0.2) is 17.5 Å². The number of thiol groups is 1. The first-order chi connectivity index (χ1) is 6.72. The zero-order chi connectivity index (χ0) is 10.1. The van der Waals surface area contributed by atoms with Crippen LogP contribution in [0.3, 0.4) is 0 Å². The second kappa shape index (κ2) is 4.18. The lowest BCUT2D eigenvalue weighted by atomic mass is 10.0. The summed E-state index contributed by atoms with van der Waals surface area (Å²) in [4.78, 5) is 2.19. The van der Waals surface area contributed by atoms with Crippen LogP contribution < -0.4 is 4.90 Å². The van der Waals surface area contributed by atoms with Gasteiger partial charge < -0.3 is 10.0 Å². The van der Waals surface area contributed by atoms with Crippen molar-refractivity contribution in [3.05, 3.63) is 21.3 Å². The highest BCUT2D eigenvalue weighted by atomic mass is 127. The molecular formula is C10H12INOS. The Bertz CT molecular complexity index is 356. The van der Waals surface area contributed by atoms with Gasteiger partial charge in [-0.25, -0.2) is 0 Å². The summed E-state index contributed by atoms with van der Waals surface area (Å²) in [5, 5.41) is 9.63. The van der Waals surface area contributed by atoms with Gasteiger partial charge in [0.15, 0.2) is 0 Å². The van der Waals surface area contributed by atoms with Gasteiger partial charge in [0.05, 0.1) is 9.45 Å². The van der Waals surface area contributed by atoms with Crippen molar-refractivity contribution in [2.24, 2.45) is 0 Å². The van der Waals surface area contributed by atoms with E-state index in [2.05, 4.69) is 46.2 Å². The lowest BCUT2D eigenvalue weighted by Crippen LogP contribution is -2.28. The number of anilines is 1. The van der Waals surface area contributed by atoms with Crippen molar-refractivity contribution in [1.82, 2.24) is 0 Å². The number of fused-ring (bicyclic) bond motifs is 1. The second-order valence-corrected chi connectivity index (χ2v) is 4.89. The zero-order valence-electron chi connectivity index (χ0n) is 7.70. The van der Waals surface area contributed by atoms with Crippen LogP contribution in [0.25, 0.3) is 0 Å². The molecule has 0 radical (unpaired) electrons. The first kappa shape index (κ1) is 10.4. The molecule has 0 fully saturated rings. The van der Waals surface area contributed by atoms with Crippen LogP contribution in [-0.2, 0) is 6.42 Å². The van der Waals surface area contributed by atoms with Crippen molar-refractivity contribution in [3.8, 4) is 5.75 Å². The largest absolute Gasteiger partial charge is 0.507 e. The molecule has 1 aliphatic heterocycles. The van der Waals surface area contributed by atoms with Gasteiger partial charge in [-0.05, 0) is 47.1 Å². The van der Waals surface area contributed by atoms with Crippen LogP contribution in [0.2, 0.25) is 0 Å². The topological polar surface area (TPSA) is 23.5 Å². The minimum absolute atomic E-state index is 0.373. The second-order valence-electron chi connectivity index (χ2n) is 3.44. The van der Waals surface area contributed by atoms with Gasteiger partial charge in [0, 0.05) is 18.3 Å².